The second-order valence-electron chi connectivity index (χ2n) is 8.42. The van der Waals surface area contributed by atoms with Crippen molar-refractivity contribution in [2.75, 3.05) is 19.4 Å². The van der Waals surface area contributed by atoms with Gasteiger partial charge in [-0.05, 0) is 24.2 Å². The van der Waals surface area contributed by atoms with Crippen LogP contribution >= 0.6 is 0 Å². The van der Waals surface area contributed by atoms with Crippen LogP contribution in [0.4, 0.5) is 18.9 Å². The Kier molecular flexibility index (Phi) is 6.42. The molecule has 0 atom stereocenters. The molecule has 0 bridgehead atoms. The Labute approximate surface area is 179 Å². The summed E-state index contributed by atoms with van der Waals surface area (Å²) in [6.45, 7) is 6.93. The van der Waals surface area contributed by atoms with Crippen molar-refractivity contribution in [2.45, 2.75) is 32.4 Å². The Hall–Kier alpha value is -2.85. The highest BCUT2D eigenvalue weighted by molar-refractivity contribution is 6.76. The minimum absolute atomic E-state index is 0.00901. The van der Waals surface area contributed by atoms with Crippen LogP contribution in [0.15, 0.2) is 24.3 Å². The third kappa shape index (κ3) is 4.59. The summed E-state index contributed by atoms with van der Waals surface area (Å²) in [5.41, 5.74) is 4.26. The van der Waals surface area contributed by atoms with Gasteiger partial charge in [-0.2, -0.15) is 5.10 Å². The second kappa shape index (κ2) is 8.72. The van der Waals surface area contributed by atoms with Gasteiger partial charge in [-0.3, -0.25) is 4.79 Å². The van der Waals surface area contributed by atoms with E-state index in [1.54, 1.807) is 0 Å². The van der Waals surface area contributed by atoms with Gasteiger partial charge >= 0.3 is 0 Å². The van der Waals surface area contributed by atoms with E-state index in [1.807, 2.05) is 0 Å². The minimum Gasteiger partial charge on any atom is -0.396 e. The first-order chi connectivity index (χ1) is 14.5. The molecule has 166 valence electrons. The smallest absolute Gasteiger partial charge is 0.272 e. The van der Waals surface area contributed by atoms with Crippen LogP contribution in [-0.4, -0.2) is 37.4 Å². The molecule has 0 saturated heterocycles. The summed E-state index contributed by atoms with van der Waals surface area (Å²) in [7, 11) is 0.0929. The summed E-state index contributed by atoms with van der Waals surface area (Å²) in [5, 5.41) is 6.85. The maximum absolute atomic E-state index is 15.6. The van der Waals surface area contributed by atoms with Gasteiger partial charge in [0.05, 0.1) is 11.3 Å². The molecule has 0 aliphatic carbocycles. The van der Waals surface area contributed by atoms with Crippen molar-refractivity contribution in [2.24, 2.45) is 0 Å². The van der Waals surface area contributed by atoms with Gasteiger partial charge in [-0.15, -0.1) is 0 Å². The van der Waals surface area contributed by atoms with E-state index in [0.29, 0.717) is 6.61 Å². The number of nitrogens with one attached hydrogen (secondary N) is 1. The zero-order valence-corrected chi connectivity index (χ0v) is 18.9. The molecule has 0 unspecified atom stereocenters. The molecule has 2 aromatic carbocycles. The number of nitrogens with two attached hydrogens (primary N) is 1. The van der Waals surface area contributed by atoms with Crippen LogP contribution in [0.25, 0.3) is 22.0 Å². The van der Waals surface area contributed by atoms with E-state index < -0.39 is 37.0 Å². The lowest BCUT2D eigenvalue weighted by Crippen LogP contribution is -2.22. The summed E-state index contributed by atoms with van der Waals surface area (Å²) in [6, 6.07) is 5.56. The lowest BCUT2D eigenvalue weighted by Gasteiger charge is -2.15. The lowest BCUT2D eigenvalue weighted by atomic mass is 10.0. The van der Waals surface area contributed by atoms with Gasteiger partial charge in [-0.25, -0.2) is 17.9 Å². The molecule has 6 nitrogen and oxygen atoms in total. The molecule has 31 heavy (non-hydrogen) atoms. The summed E-state index contributed by atoms with van der Waals surface area (Å²) in [4.78, 5) is 12.2. The average molecular weight is 451 g/mol. The van der Waals surface area contributed by atoms with Crippen molar-refractivity contribution >= 4 is 30.6 Å². The number of carbonyl (C=O) groups excluding carboxylic acids is 1. The van der Waals surface area contributed by atoms with Crippen molar-refractivity contribution in [1.29, 1.82) is 0 Å². The fourth-order valence-electron chi connectivity index (χ4n) is 3.15. The number of halogens is 3. The Morgan fingerprint density at radius 1 is 1.16 bits per heavy atom. The molecule has 1 aromatic heterocycles. The van der Waals surface area contributed by atoms with Gasteiger partial charge in [0.2, 0.25) is 0 Å². The number of carbonyl (C=O) groups is 1. The Morgan fingerprint density at radius 2 is 1.87 bits per heavy atom. The summed E-state index contributed by atoms with van der Waals surface area (Å²) >= 11 is 0. The molecule has 0 fully saturated rings. The number of nitrogens with zero attached hydrogens (tertiary/aromatic N) is 2. The molecule has 3 aromatic rings. The lowest BCUT2D eigenvalue weighted by molar-refractivity contribution is 0.0802. The third-order valence-electron chi connectivity index (χ3n) is 4.89. The van der Waals surface area contributed by atoms with E-state index in [4.69, 9.17) is 10.5 Å². The first kappa shape index (κ1) is 22.8. The highest BCUT2D eigenvalue weighted by atomic mass is 28.3. The number of rotatable bonds is 7. The predicted molar refractivity (Wildman–Crippen MR) is 117 cm³/mol. The van der Waals surface area contributed by atoms with Gasteiger partial charge < -0.3 is 15.8 Å². The number of hydrogen-bond acceptors (Lipinski definition) is 4. The molecule has 1 amide bonds. The average Bonchev–Trinajstić information content (AvgIpc) is 3.08. The number of fused-ring (bicyclic) bond motifs is 1. The molecule has 0 saturated carbocycles. The number of aromatic nitrogens is 2. The van der Waals surface area contributed by atoms with Crippen molar-refractivity contribution in [3.8, 4) is 11.1 Å². The van der Waals surface area contributed by atoms with Crippen LogP contribution < -0.4 is 11.1 Å². The minimum atomic E-state index is -1.34. The number of ether oxygens (including phenoxy) is 1. The fourth-order valence-corrected chi connectivity index (χ4v) is 3.91. The standard InChI is InChI=1S/C21H25F3N4O2Si/c1-26-21(29)19-13-6-5-12(16-14(22)7-8-15(25)18(16)24)17(23)20(13)28(27-19)11-30-9-10-31(2,3)4/h5-8H,9-11,25H2,1-4H3,(H,26,29). The molecule has 1 heterocycles. The molecule has 0 aliphatic heterocycles. The summed E-state index contributed by atoms with van der Waals surface area (Å²) in [6.07, 6.45) is 0. The first-order valence-corrected chi connectivity index (χ1v) is 13.5. The molecular weight excluding hydrogens is 425 g/mol. The zero-order valence-electron chi connectivity index (χ0n) is 17.9. The van der Waals surface area contributed by atoms with Crippen LogP contribution in [0.3, 0.4) is 0 Å². The first-order valence-electron chi connectivity index (χ1n) is 9.78. The molecule has 0 spiro atoms. The zero-order chi connectivity index (χ0) is 22.9. The Bertz CT molecular complexity index is 1140. The number of hydrogen-bond donors (Lipinski definition) is 2. The topological polar surface area (TPSA) is 82.2 Å². The SMILES string of the molecule is CNC(=O)c1nn(COCC[Si](C)(C)C)c2c(F)c(-c3c(F)ccc(N)c3F)ccc12. The fraction of sp³-hybridized carbons (Fsp3) is 0.333. The van der Waals surface area contributed by atoms with Gasteiger partial charge in [-0.1, -0.05) is 25.7 Å². The van der Waals surface area contributed by atoms with E-state index in [-0.39, 0.29) is 34.6 Å². The molecule has 0 aliphatic rings. The van der Waals surface area contributed by atoms with E-state index in [0.717, 1.165) is 18.2 Å². The van der Waals surface area contributed by atoms with E-state index in [1.165, 1.54) is 23.9 Å². The highest BCUT2D eigenvalue weighted by Gasteiger charge is 2.25. The van der Waals surface area contributed by atoms with Crippen LogP contribution in [0.2, 0.25) is 25.7 Å². The summed E-state index contributed by atoms with van der Waals surface area (Å²) < 4.78 is 51.4. The second-order valence-corrected chi connectivity index (χ2v) is 14.0. The Morgan fingerprint density at radius 3 is 2.52 bits per heavy atom. The normalized spacial score (nSPS) is 11.8. The number of anilines is 1. The van der Waals surface area contributed by atoms with Crippen LogP contribution in [0.5, 0.6) is 0 Å². The van der Waals surface area contributed by atoms with E-state index in [9.17, 15) is 13.6 Å². The number of nitrogen functional groups attached to an aromatic ring is 1. The molecular formula is C21H25F3N4O2Si. The number of amides is 1. The van der Waals surface area contributed by atoms with Crippen LogP contribution in [-0.2, 0) is 11.5 Å². The predicted octanol–water partition coefficient (Wildman–Crippen LogP) is 4.37. The molecule has 3 rings (SSSR count). The van der Waals surface area contributed by atoms with Crippen molar-refractivity contribution in [3.63, 3.8) is 0 Å². The summed E-state index contributed by atoms with van der Waals surface area (Å²) in [5.74, 6) is -3.44. The van der Waals surface area contributed by atoms with Crippen molar-refractivity contribution in [3.05, 3.63) is 47.4 Å². The maximum Gasteiger partial charge on any atom is 0.272 e. The van der Waals surface area contributed by atoms with Gasteiger partial charge in [0.1, 0.15) is 18.1 Å². The van der Waals surface area contributed by atoms with Crippen LogP contribution in [0, 0.1) is 17.5 Å². The van der Waals surface area contributed by atoms with Gasteiger partial charge in [0.25, 0.3) is 5.91 Å². The van der Waals surface area contributed by atoms with E-state index in [2.05, 4.69) is 30.1 Å². The highest BCUT2D eigenvalue weighted by Crippen LogP contribution is 2.35. The largest absolute Gasteiger partial charge is 0.396 e. The molecule has 3 N–H and O–H groups in total. The quantitative estimate of drug-likeness (QED) is 0.318. The molecule has 10 heteroatoms. The van der Waals surface area contributed by atoms with Crippen molar-refractivity contribution in [1.82, 2.24) is 15.1 Å². The van der Waals surface area contributed by atoms with Crippen LogP contribution in [0.1, 0.15) is 10.5 Å². The Balaban J connectivity index is 2.12. The third-order valence-corrected chi connectivity index (χ3v) is 6.60. The molecule has 0 radical (unpaired) electrons. The van der Waals surface area contributed by atoms with Crippen molar-refractivity contribution < 1.29 is 22.7 Å². The van der Waals surface area contributed by atoms with Gasteiger partial charge in [0.15, 0.2) is 17.3 Å². The number of benzene rings is 2. The maximum atomic E-state index is 15.6. The van der Waals surface area contributed by atoms with E-state index >= 15 is 4.39 Å². The van der Waals surface area contributed by atoms with Gasteiger partial charge in [0, 0.05) is 32.7 Å². The monoisotopic (exact) mass is 450 g/mol.